The molecule has 0 spiro atoms. The Balaban J connectivity index is -0.000000214. The van der Waals surface area contributed by atoms with Gasteiger partial charge in [-0.25, -0.2) is 0 Å². The number of allylic oxidation sites excluding steroid dienone is 4. The summed E-state index contributed by atoms with van der Waals surface area (Å²) in [6.07, 6.45) is 9.50. The topological polar surface area (TPSA) is 0 Å². The Kier molecular flexibility index (Phi) is 6.29. The summed E-state index contributed by atoms with van der Waals surface area (Å²) in [5.41, 5.74) is 0. The minimum atomic E-state index is -10.7. The molecule has 0 aliphatic heterocycles. The van der Waals surface area contributed by atoms with Crippen molar-refractivity contribution in [3.05, 3.63) is 24.3 Å². The Morgan fingerprint density at radius 1 is 0.500 bits per heavy atom. The third kappa shape index (κ3) is 207. The third-order valence-electron chi connectivity index (χ3n) is 0.655. The third-order valence-corrected chi connectivity index (χ3v) is 0.655. The fourth-order valence-electron chi connectivity index (χ4n) is 0.393. The van der Waals surface area contributed by atoms with E-state index in [2.05, 4.69) is 24.3 Å². The molecule has 1 aliphatic rings. The van der Waals surface area contributed by atoms with Crippen molar-refractivity contribution in [3.8, 4) is 0 Å². The fourth-order valence-corrected chi connectivity index (χ4v) is 0.393. The Bertz CT molecular complexity index is 304. The van der Waals surface area contributed by atoms with Crippen molar-refractivity contribution in [3.63, 3.8) is 0 Å². The van der Waals surface area contributed by atoms with Crippen molar-refractivity contribution >= 4 is 15.6 Å². The summed E-state index contributed by atoms with van der Waals surface area (Å²) in [6, 6.07) is 0. The monoisotopic (exact) mass is 412 g/mol. The molecule has 0 heterocycles. The van der Waals surface area contributed by atoms with E-state index in [1.807, 2.05) is 0 Å². The van der Waals surface area contributed by atoms with Crippen LogP contribution < -0.4 is 0 Å². The Morgan fingerprint density at radius 3 is 0.700 bits per heavy atom. The molecule has 15 heteroatoms. The first-order chi connectivity index (χ1) is 7.40. The molecule has 0 aromatic rings. The molecule has 1 rings (SSSR count). The van der Waals surface area contributed by atoms with Crippen molar-refractivity contribution < 1.29 is 67.4 Å². The first kappa shape index (κ1) is 25.0. The van der Waals surface area contributed by atoms with Crippen LogP contribution in [0.1, 0.15) is 6.42 Å². The smallest absolute Gasteiger partial charge is 2.00 e. The average molecular weight is 412 g/mol. The molecule has 20 heavy (non-hydrogen) atoms. The molecule has 0 saturated heterocycles. The molecule has 0 unspecified atom stereocenters. The zero-order valence-electron chi connectivity index (χ0n) is 8.80. The van der Waals surface area contributed by atoms with Crippen LogP contribution in [0.15, 0.2) is 24.3 Å². The van der Waals surface area contributed by atoms with Gasteiger partial charge >= 0.3 is 83.0 Å². The summed E-state index contributed by atoms with van der Waals surface area (Å²) in [5.74, 6) is 0. The molecule has 0 fully saturated rings. The van der Waals surface area contributed by atoms with Gasteiger partial charge in [0.15, 0.2) is 0 Å². The van der Waals surface area contributed by atoms with Crippen molar-refractivity contribution in [1.82, 2.24) is 0 Å². The molecule has 0 bridgehead atoms. The second kappa shape index (κ2) is 5.04. The molecule has 1 aliphatic carbocycles. The Hall–Kier alpha value is 0.0195. The minimum Gasteiger partial charge on any atom is 2.00 e. The number of hydrogen-bond acceptors (Lipinski definition) is 0. The van der Waals surface area contributed by atoms with Gasteiger partial charge in [0.25, 0.3) is 0 Å². The molecule has 0 amide bonds. The average Bonchev–Trinajstić information content (AvgIpc) is 2.18. The molecule has 128 valence electrons. The van der Waals surface area contributed by atoms with Crippen LogP contribution in [0.2, 0.25) is 0 Å². The zero-order chi connectivity index (χ0) is 16.4. The predicted molar refractivity (Wildman–Crippen MR) is 50.0 cm³/mol. The van der Waals surface area contributed by atoms with Crippen LogP contribution in [0.3, 0.4) is 0 Å². The molecular weight excluding hydrogens is 406 g/mol. The van der Waals surface area contributed by atoms with E-state index in [0.29, 0.717) is 0 Å². The molecule has 0 atom stereocenters. The zero-order valence-corrected chi connectivity index (χ0v) is 11.7. The van der Waals surface area contributed by atoms with Crippen molar-refractivity contribution in [2.75, 3.05) is 0 Å². The number of halogens is 12. The summed E-state index contributed by atoms with van der Waals surface area (Å²) >= 11 is 0. The van der Waals surface area contributed by atoms with E-state index in [0.717, 1.165) is 6.42 Å². The van der Waals surface area contributed by atoms with Gasteiger partial charge in [-0.1, -0.05) is 24.3 Å². The van der Waals surface area contributed by atoms with Crippen molar-refractivity contribution in [2.45, 2.75) is 6.42 Å². The molecule has 0 saturated carbocycles. The molecule has 0 radical (unpaired) electrons. The largest absolute Gasteiger partial charge is 2.00 e. The molecule has 0 aromatic carbocycles. The standard InChI is InChI=1S/C5H6.2F6P.Fe/c1-2-4-5-3-1;2*1-7(2,3,4,5)6;/h1-4H,5H2;;;/q;2*-1;+2. The van der Waals surface area contributed by atoms with Gasteiger partial charge in [-0.3, -0.25) is 0 Å². The number of rotatable bonds is 0. The van der Waals surface area contributed by atoms with Crippen LogP contribution in [0.25, 0.3) is 0 Å². The molecular formula is C5H6F12FeP2. The minimum absolute atomic E-state index is 0. The maximum Gasteiger partial charge on any atom is 2.00 e. The van der Waals surface area contributed by atoms with E-state index >= 15 is 0 Å². The quantitative estimate of drug-likeness (QED) is 0.214. The first-order valence-corrected chi connectivity index (χ1v) is 7.90. The van der Waals surface area contributed by atoms with Gasteiger partial charge in [0.1, 0.15) is 0 Å². The van der Waals surface area contributed by atoms with Crippen LogP contribution in [0, 0.1) is 0 Å². The summed E-state index contributed by atoms with van der Waals surface area (Å²) in [6.45, 7) is 0. The van der Waals surface area contributed by atoms with E-state index in [4.69, 9.17) is 0 Å². The number of hydrogen-bond donors (Lipinski definition) is 0. The second-order valence-electron chi connectivity index (χ2n) is 3.01. The van der Waals surface area contributed by atoms with E-state index in [9.17, 15) is 50.4 Å². The summed E-state index contributed by atoms with van der Waals surface area (Å²) in [5, 5.41) is 0. The van der Waals surface area contributed by atoms with E-state index in [-0.39, 0.29) is 17.1 Å². The van der Waals surface area contributed by atoms with E-state index in [1.165, 1.54) is 0 Å². The Morgan fingerprint density at radius 2 is 0.650 bits per heavy atom. The van der Waals surface area contributed by atoms with Crippen LogP contribution in [-0.4, -0.2) is 0 Å². The SMILES string of the molecule is C1=CCC=C1.F[P-](F)(F)(F)(F)F.F[P-](F)(F)(F)(F)F.[Fe+2]. The Labute approximate surface area is 114 Å². The van der Waals surface area contributed by atoms with E-state index in [1.54, 1.807) is 0 Å². The van der Waals surface area contributed by atoms with Crippen LogP contribution in [0.4, 0.5) is 50.4 Å². The van der Waals surface area contributed by atoms with Gasteiger partial charge in [0.2, 0.25) is 0 Å². The summed E-state index contributed by atoms with van der Waals surface area (Å²) in [4.78, 5) is 0. The van der Waals surface area contributed by atoms with E-state index < -0.39 is 15.6 Å². The molecule has 0 N–H and O–H groups in total. The maximum atomic E-state index is 9.87. The van der Waals surface area contributed by atoms with Gasteiger partial charge in [-0.05, 0) is 6.42 Å². The molecule has 0 aromatic heterocycles. The van der Waals surface area contributed by atoms with Crippen LogP contribution >= 0.6 is 15.6 Å². The predicted octanol–water partition coefficient (Wildman–Crippen LogP) is 8.26. The van der Waals surface area contributed by atoms with Crippen molar-refractivity contribution in [2.24, 2.45) is 0 Å². The van der Waals surface area contributed by atoms with Gasteiger partial charge in [0.05, 0.1) is 0 Å². The normalized spacial score (nSPS) is 20.6. The van der Waals surface area contributed by atoms with Crippen molar-refractivity contribution in [1.29, 1.82) is 0 Å². The van der Waals surface area contributed by atoms with Gasteiger partial charge < -0.3 is 0 Å². The second-order valence-corrected chi connectivity index (χ2v) is 6.84. The summed E-state index contributed by atoms with van der Waals surface area (Å²) in [7, 11) is -21.3. The first-order valence-electron chi connectivity index (χ1n) is 3.84. The fraction of sp³-hybridized carbons (Fsp3) is 0.200. The van der Waals surface area contributed by atoms with Gasteiger partial charge in [-0.2, -0.15) is 0 Å². The molecule has 0 nitrogen and oxygen atoms in total. The van der Waals surface area contributed by atoms with Gasteiger partial charge in [0, 0.05) is 0 Å². The van der Waals surface area contributed by atoms with Gasteiger partial charge in [-0.15, -0.1) is 0 Å². The summed E-state index contributed by atoms with van der Waals surface area (Å²) < 4.78 is 118. The van der Waals surface area contributed by atoms with Crippen LogP contribution in [-0.2, 0) is 17.1 Å². The maximum absolute atomic E-state index is 10.7. The van der Waals surface area contributed by atoms with Crippen LogP contribution in [0.5, 0.6) is 0 Å².